The molecule has 0 bridgehead atoms. The summed E-state index contributed by atoms with van der Waals surface area (Å²) in [5.74, 6) is 0.511. The Bertz CT molecular complexity index is 1080. The van der Waals surface area contributed by atoms with Crippen molar-refractivity contribution in [3.63, 3.8) is 0 Å². The number of halogens is 1. The van der Waals surface area contributed by atoms with Gasteiger partial charge in [-0.1, -0.05) is 12.1 Å². The first kappa shape index (κ1) is 20.0. The van der Waals surface area contributed by atoms with E-state index < -0.39 is 5.82 Å². The Labute approximate surface area is 176 Å². The molecule has 2 aromatic heterocycles. The molecule has 0 atom stereocenters. The quantitative estimate of drug-likeness (QED) is 0.637. The van der Waals surface area contributed by atoms with Gasteiger partial charge in [0, 0.05) is 42.6 Å². The molecule has 0 unspecified atom stereocenters. The minimum absolute atomic E-state index is 0.0388. The predicted molar refractivity (Wildman–Crippen MR) is 111 cm³/mol. The van der Waals surface area contributed by atoms with Crippen LogP contribution in [0.4, 0.5) is 4.39 Å². The number of benzene rings is 1. The molecule has 1 aliphatic heterocycles. The molecule has 0 radical (unpaired) electrons. The SMILES string of the molecule is O=C(NCc1nnc2n1CCN(C(=O)/C=C/c1cccs1)CC2)c1cccc(F)c1. The van der Waals surface area contributed by atoms with Crippen LogP contribution in [-0.4, -0.2) is 44.6 Å². The topological polar surface area (TPSA) is 80.1 Å². The molecule has 2 amide bonds. The number of fused-ring (bicyclic) bond motifs is 1. The fourth-order valence-electron chi connectivity index (χ4n) is 3.27. The van der Waals surface area contributed by atoms with E-state index in [0.717, 1.165) is 10.7 Å². The summed E-state index contributed by atoms with van der Waals surface area (Å²) < 4.78 is 15.2. The van der Waals surface area contributed by atoms with Crippen molar-refractivity contribution in [1.82, 2.24) is 25.0 Å². The summed E-state index contributed by atoms with van der Waals surface area (Å²) in [6, 6.07) is 9.43. The first-order chi connectivity index (χ1) is 14.6. The van der Waals surface area contributed by atoms with Crippen LogP contribution in [0, 0.1) is 5.82 Å². The van der Waals surface area contributed by atoms with Crippen LogP contribution < -0.4 is 5.32 Å². The Morgan fingerprint density at radius 1 is 1.17 bits per heavy atom. The number of hydrogen-bond acceptors (Lipinski definition) is 5. The van der Waals surface area contributed by atoms with Gasteiger partial charge in [0.15, 0.2) is 5.82 Å². The lowest BCUT2D eigenvalue weighted by atomic mass is 10.2. The van der Waals surface area contributed by atoms with Gasteiger partial charge in [-0.3, -0.25) is 9.59 Å². The van der Waals surface area contributed by atoms with E-state index in [0.29, 0.717) is 31.9 Å². The number of nitrogens with one attached hydrogen (secondary N) is 1. The molecule has 0 saturated carbocycles. The lowest BCUT2D eigenvalue weighted by Gasteiger charge is -2.18. The highest BCUT2D eigenvalue weighted by molar-refractivity contribution is 7.10. The summed E-state index contributed by atoms with van der Waals surface area (Å²) in [5.41, 5.74) is 0.250. The van der Waals surface area contributed by atoms with Crippen LogP contribution >= 0.6 is 11.3 Å². The smallest absolute Gasteiger partial charge is 0.251 e. The van der Waals surface area contributed by atoms with Gasteiger partial charge in [-0.05, 0) is 35.7 Å². The normalized spacial score (nSPS) is 13.8. The number of aromatic nitrogens is 3. The number of thiophene rings is 1. The lowest BCUT2D eigenvalue weighted by molar-refractivity contribution is -0.125. The number of amides is 2. The zero-order valence-corrected chi connectivity index (χ0v) is 16.9. The molecule has 7 nitrogen and oxygen atoms in total. The molecule has 154 valence electrons. The van der Waals surface area contributed by atoms with Crippen LogP contribution in [0.3, 0.4) is 0 Å². The summed E-state index contributed by atoms with van der Waals surface area (Å²) in [4.78, 5) is 27.6. The molecule has 1 N–H and O–H groups in total. The van der Waals surface area contributed by atoms with Crippen molar-refractivity contribution >= 4 is 29.2 Å². The van der Waals surface area contributed by atoms with Gasteiger partial charge in [-0.25, -0.2) is 4.39 Å². The predicted octanol–water partition coefficient (Wildman–Crippen LogP) is 2.51. The van der Waals surface area contributed by atoms with E-state index in [1.165, 1.54) is 18.2 Å². The molecular formula is C21H20FN5O2S. The fraction of sp³-hybridized carbons (Fsp3) is 0.238. The van der Waals surface area contributed by atoms with E-state index >= 15 is 0 Å². The average Bonchev–Trinajstić information content (AvgIpc) is 3.35. The Balaban J connectivity index is 1.37. The van der Waals surface area contributed by atoms with Crippen LogP contribution in [-0.2, 0) is 24.3 Å². The number of carbonyl (C=O) groups is 2. The highest BCUT2D eigenvalue weighted by Gasteiger charge is 2.21. The third-order valence-electron chi connectivity index (χ3n) is 4.84. The fourth-order valence-corrected chi connectivity index (χ4v) is 3.89. The first-order valence-electron chi connectivity index (χ1n) is 9.55. The van der Waals surface area contributed by atoms with E-state index in [1.54, 1.807) is 28.4 Å². The second-order valence-corrected chi connectivity index (χ2v) is 7.78. The molecule has 3 heterocycles. The van der Waals surface area contributed by atoms with Gasteiger partial charge < -0.3 is 14.8 Å². The largest absolute Gasteiger partial charge is 0.345 e. The van der Waals surface area contributed by atoms with Crippen LogP contribution in [0.2, 0.25) is 0 Å². The van der Waals surface area contributed by atoms with E-state index in [9.17, 15) is 14.0 Å². The second kappa shape index (κ2) is 9.00. The zero-order valence-electron chi connectivity index (χ0n) is 16.1. The molecule has 3 aromatic rings. The van der Waals surface area contributed by atoms with Crippen LogP contribution in [0.15, 0.2) is 47.9 Å². The van der Waals surface area contributed by atoms with Crippen LogP contribution in [0.5, 0.6) is 0 Å². The summed E-state index contributed by atoms with van der Waals surface area (Å²) >= 11 is 1.58. The third-order valence-corrected chi connectivity index (χ3v) is 5.68. The monoisotopic (exact) mass is 425 g/mol. The molecule has 9 heteroatoms. The van der Waals surface area contributed by atoms with Crippen molar-refractivity contribution in [2.45, 2.75) is 19.5 Å². The van der Waals surface area contributed by atoms with Gasteiger partial charge in [0.2, 0.25) is 5.91 Å². The Morgan fingerprint density at radius 2 is 2.07 bits per heavy atom. The lowest BCUT2D eigenvalue weighted by Crippen LogP contribution is -2.32. The van der Waals surface area contributed by atoms with E-state index in [1.807, 2.05) is 28.2 Å². The summed E-state index contributed by atoms with van der Waals surface area (Å²) in [5, 5.41) is 13.1. The maximum atomic E-state index is 13.3. The van der Waals surface area contributed by atoms with E-state index in [-0.39, 0.29) is 23.9 Å². The molecule has 1 aliphatic rings. The summed E-state index contributed by atoms with van der Waals surface area (Å²) in [7, 11) is 0. The Kier molecular flexibility index (Phi) is 5.99. The molecule has 4 rings (SSSR count). The standard InChI is InChI=1S/C21H20FN5O2S/c22-16-4-1-3-15(13-16)21(29)23-14-19-25-24-18-8-9-26(10-11-27(18)19)20(28)7-6-17-5-2-12-30-17/h1-7,12-13H,8-11,14H2,(H,23,29)/b7-6+. The van der Waals surface area contributed by atoms with Crippen molar-refractivity contribution in [1.29, 1.82) is 0 Å². The molecular weight excluding hydrogens is 405 g/mol. The second-order valence-electron chi connectivity index (χ2n) is 6.80. The van der Waals surface area contributed by atoms with Gasteiger partial charge >= 0.3 is 0 Å². The average molecular weight is 425 g/mol. The van der Waals surface area contributed by atoms with Crippen molar-refractivity contribution in [3.8, 4) is 0 Å². The van der Waals surface area contributed by atoms with Gasteiger partial charge in [0.1, 0.15) is 11.6 Å². The Hall–Kier alpha value is -3.33. The Morgan fingerprint density at radius 3 is 2.87 bits per heavy atom. The van der Waals surface area contributed by atoms with Crippen molar-refractivity contribution < 1.29 is 14.0 Å². The van der Waals surface area contributed by atoms with Crippen molar-refractivity contribution in [2.75, 3.05) is 13.1 Å². The number of carbonyl (C=O) groups excluding carboxylic acids is 2. The van der Waals surface area contributed by atoms with E-state index in [2.05, 4.69) is 15.5 Å². The van der Waals surface area contributed by atoms with Gasteiger partial charge in [0.25, 0.3) is 5.91 Å². The van der Waals surface area contributed by atoms with Crippen molar-refractivity contribution in [3.05, 3.63) is 75.8 Å². The minimum Gasteiger partial charge on any atom is -0.345 e. The molecule has 0 saturated heterocycles. The van der Waals surface area contributed by atoms with Gasteiger partial charge in [0.05, 0.1) is 6.54 Å². The molecule has 0 aliphatic carbocycles. The van der Waals surface area contributed by atoms with Crippen LogP contribution in [0.25, 0.3) is 6.08 Å². The molecule has 30 heavy (non-hydrogen) atoms. The third kappa shape index (κ3) is 4.62. The van der Waals surface area contributed by atoms with Gasteiger partial charge in [-0.15, -0.1) is 21.5 Å². The molecule has 0 fully saturated rings. The maximum Gasteiger partial charge on any atom is 0.251 e. The molecule has 1 aromatic carbocycles. The number of hydrogen-bond donors (Lipinski definition) is 1. The summed E-state index contributed by atoms with van der Waals surface area (Å²) in [6.07, 6.45) is 4.01. The zero-order chi connectivity index (χ0) is 20.9. The van der Waals surface area contributed by atoms with Crippen molar-refractivity contribution in [2.24, 2.45) is 0 Å². The van der Waals surface area contributed by atoms with Crippen LogP contribution in [0.1, 0.15) is 26.9 Å². The highest BCUT2D eigenvalue weighted by atomic mass is 32.1. The molecule has 0 spiro atoms. The number of nitrogens with zero attached hydrogens (tertiary/aromatic N) is 4. The maximum absolute atomic E-state index is 13.3. The minimum atomic E-state index is -0.461. The van der Waals surface area contributed by atoms with E-state index in [4.69, 9.17) is 0 Å². The summed E-state index contributed by atoms with van der Waals surface area (Å²) in [6.45, 7) is 1.81. The van der Waals surface area contributed by atoms with Gasteiger partial charge in [-0.2, -0.15) is 0 Å². The number of rotatable bonds is 5. The highest BCUT2D eigenvalue weighted by Crippen LogP contribution is 2.13. The first-order valence-corrected chi connectivity index (χ1v) is 10.4.